The lowest BCUT2D eigenvalue weighted by Gasteiger charge is -2.32. The lowest BCUT2D eigenvalue weighted by Crippen LogP contribution is -2.17. The van der Waals surface area contributed by atoms with Gasteiger partial charge in [0.1, 0.15) is 0 Å². The van der Waals surface area contributed by atoms with Crippen LogP contribution in [-0.2, 0) is 10.2 Å². The second kappa shape index (κ2) is 9.77. The maximum atomic E-state index is 14.5. The van der Waals surface area contributed by atoms with Crippen molar-refractivity contribution in [1.29, 1.82) is 0 Å². The molecule has 2 N–H and O–H groups in total. The Kier molecular flexibility index (Phi) is 6.50. The quantitative estimate of drug-likeness (QED) is 0.218. The van der Waals surface area contributed by atoms with Crippen LogP contribution in [0.2, 0.25) is 0 Å². The number of H-pyrrole nitrogens is 1. The van der Waals surface area contributed by atoms with Crippen molar-refractivity contribution in [1.82, 2.24) is 15.2 Å². The zero-order valence-corrected chi connectivity index (χ0v) is 21.3. The minimum Gasteiger partial charge on any atom is -0.478 e. The second-order valence-electron chi connectivity index (χ2n) is 10.7. The molecule has 4 aromatic rings. The van der Waals surface area contributed by atoms with E-state index < -0.39 is 11.9 Å². The molecule has 0 atom stereocenters. The van der Waals surface area contributed by atoms with Crippen molar-refractivity contribution in [2.75, 3.05) is 0 Å². The largest absolute Gasteiger partial charge is 0.478 e. The Hall–Kier alpha value is -4.06. The van der Waals surface area contributed by atoms with Gasteiger partial charge in [0.25, 0.3) is 0 Å². The van der Waals surface area contributed by atoms with Crippen LogP contribution >= 0.6 is 0 Å². The SMILES string of the molecule is CC(C)(C)c1cccc(/C(=C(/c2ccc3n[nH]c(F)c3c2)c2ccc(/C=C/C(=O)O)cn2)C2CCC2)c1. The molecular formula is C31H30FN3O2. The van der Waals surface area contributed by atoms with Gasteiger partial charge in [-0.2, -0.15) is 9.49 Å². The summed E-state index contributed by atoms with van der Waals surface area (Å²) >= 11 is 0. The predicted molar refractivity (Wildman–Crippen MR) is 145 cm³/mol. The number of aromatic nitrogens is 3. The lowest BCUT2D eigenvalue weighted by molar-refractivity contribution is -0.131. The van der Waals surface area contributed by atoms with Gasteiger partial charge in [0.15, 0.2) is 0 Å². The number of hydrogen-bond acceptors (Lipinski definition) is 3. The molecule has 1 aliphatic carbocycles. The Morgan fingerprint density at radius 2 is 1.89 bits per heavy atom. The van der Waals surface area contributed by atoms with Crippen LogP contribution in [0, 0.1) is 11.9 Å². The molecule has 1 saturated carbocycles. The number of nitrogens with zero attached hydrogens (tertiary/aromatic N) is 2. The van der Waals surface area contributed by atoms with Crippen LogP contribution in [0.1, 0.15) is 68.0 Å². The minimum absolute atomic E-state index is 0.00387. The van der Waals surface area contributed by atoms with Gasteiger partial charge in [0, 0.05) is 17.8 Å². The highest BCUT2D eigenvalue weighted by atomic mass is 19.1. The molecule has 0 spiro atoms. The molecule has 2 heterocycles. The molecule has 2 aromatic carbocycles. The van der Waals surface area contributed by atoms with Gasteiger partial charge in [-0.3, -0.25) is 10.1 Å². The summed E-state index contributed by atoms with van der Waals surface area (Å²) in [4.78, 5) is 15.7. The van der Waals surface area contributed by atoms with Crippen LogP contribution in [0.5, 0.6) is 0 Å². The summed E-state index contributed by atoms with van der Waals surface area (Å²) < 4.78 is 14.5. The van der Waals surface area contributed by atoms with E-state index in [2.05, 4.69) is 55.2 Å². The van der Waals surface area contributed by atoms with Crippen LogP contribution < -0.4 is 0 Å². The Labute approximate surface area is 215 Å². The number of allylic oxidation sites excluding steroid dienone is 1. The number of fused-ring (bicyclic) bond motifs is 1. The molecule has 0 amide bonds. The first kappa shape index (κ1) is 24.6. The van der Waals surface area contributed by atoms with E-state index in [9.17, 15) is 9.18 Å². The van der Waals surface area contributed by atoms with E-state index in [4.69, 9.17) is 10.1 Å². The first-order valence-corrected chi connectivity index (χ1v) is 12.6. The summed E-state index contributed by atoms with van der Waals surface area (Å²) in [6, 6.07) is 18.1. The molecule has 1 aliphatic rings. The topological polar surface area (TPSA) is 78.9 Å². The number of hydrogen-bond donors (Lipinski definition) is 2. The molecule has 0 bridgehead atoms. The molecule has 2 aromatic heterocycles. The number of nitrogens with one attached hydrogen (secondary N) is 1. The molecule has 0 saturated heterocycles. The van der Waals surface area contributed by atoms with Gasteiger partial charge < -0.3 is 5.11 Å². The van der Waals surface area contributed by atoms with E-state index >= 15 is 0 Å². The van der Waals surface area contributed by atoms with Crippen molar-refractivity contribution in [2.24, 2.45) is 5.92 Å². The zero-order chi connectivity index (χ0) is 26.2. The fraction of sp³-hybridized carbons (Fsp3) is 0.258. The van der Waals surface area contributed by atoms with E-state index in [1.807, 2.05) is 30.3 Å². The third-order valence-corrected chi connectivity index (χ3v) is 7.08. The van der Waals surface area contributed by atoms with Crippen LogP contribution in [-0.4, -0.2) is 26.3 Å². The van der Waals surface area contributed by atoms with E-state index in [1.165, 1.54) is 23.6 Å². The van der Waals surface area contributed by atoms with Gasteiger partial charge in [0.2, 0.25) is 5.95 Å². The van der Waals surface area contributed by atoms with Crippen molar-refractivity contribution in [3.8, 4) is 0 Å². The molecule has 0 radical (unpaired) electrons. The standard InChI is InChI=1S/C31H30FN3O2/c1-31(2,3)23-9-5-8-21(16-23)28(20-6-4-7-20)29(22-12-14-25-24(17-22)30(32)35-34-25)26-13-10-19(18-33-26)11-15-27(36)37/h5,8-18,20H,4,6-7H2,1-3H3,(H,34,35)(H,36,37)/b15-11+,29-28-. The number of aromatic amines is 1. The average Bonchev–Trinajstić information content (AvgIpc) is 3.21. The molecule has 37 heavy (non-hydrogen) atoms. The van der Waals surface area contributed by atoms with Crippen molar-refractivity contribution < 1.29 is 14.3 Å². The van der Waals surface area contributed by atoms with Crippen LogP contribution in [0.25, 0.3) is 28.1 Å². The number of rotatable bonds is 6. The van der Waals surface area contributed by atoms with E-state index in [-0.39, 0.29) is 5.41 Å². The average molecular weight is 496 g/mol. The summed E-state index contributed by atoms with van der Waals surface area (Å²) in [5.74, 6) is -1.10. The molecule has 0 aliphatic heterocycles. The molecule has 0 unspecified atom stereocenters. The molecule has 5 nitrogen and oxygen atoms in total. The van der Waals surface area contributed by atoms with Crippen LogP contribution in [0.4, 0.5) is 4.39 Å². The Bertz CT molecular complexity index is 1520. The van der Waals surface area contributed by atoms with Crippen LogP contribution in [0.15, 0.2) is 66.9 Å². The molecular weight excluding hydrogens is 465 g/mol. The molecule has 5 rings (SSSR count). The summed E-state index contributed by atoms with van der Waals surface area (Å²) in [6.45, 7) is 6.63. The Morgan fingerprint density at radius 3 is 2.54 bits per heavy atom. The van der Waals surface area contributed by atoms with Gasteiger partial charge >= 0.3 is 5.97 Å². The predicted octanol–water partition coefficient (Wildman–Crippen LogP) is 7.25. The minimum atomic E-state index is -1.01. The fourth-order valence-electron chi connectivity index (χ4n) is 4.83. The van der Waals surface area contributed by atoms with Crippen LogP contribution in [0.3, 0.4) is 0 Å². The Balaban J connectivity index is 1.76. The number of pyridine rings is 1. The number of halogens is 1. The normalized spacial score (nSPS) is 15.1. The maximum Gasteiger partial charge on any atom is 0.328 e. The van der Waals surface area contributed by atoms with Gasteiger partial charge in [-0.1, -0.05) is 63.6 Å². The van der Waals surface area contributed by atoms with E-state index in [1.54, 1.807) is 6.20 Å². The number of benzene rings is 2. The molecule has 1 fully saturated rings. The zero-order valence-electron chi connectivity index (χ0n) is 21.3. The third-order valence-electron chi connectivity index (χ3n) is 7.08. The third kappa shape index (κ3) is 5.10. The monoisotopic (exact) mass is 495 g/mol. The summed E-state index contributed by atoms with van der Waals surface area (Å²) in [5, 5.41) is 15.9. The van der Waals surface area contributed by atoms with Gasteiger partial charge in [-0.25, -0.2) is 4.79 Å². The highest BCUT2D eigenvalue weighted by molar-refractivity contribution is 6.00. The van der Waals surface area contributed by atoms with Gasteiger partial charge in [-0.15, -0.1) is 0 Å². The van der Waals surface area contributed by atoms with Gasteiger partial charge in [-0.05, 0) is 76.3 Å². The summed E-state index contributed by atoms with van der Waals surface area (Å²) in [6.07, 6.45) is 7.63. The number of aliphatic carboxylic acids is 1. The smallest absolute Gasteiger partial charge is 0.328 e. The summed E-state index contributed by atoms with van der Waals surface area (Å²) in [5.41, 5.74) is 7.47. The number of carbonyl (C=O) groups is 1. The van der Waals surface area contributed by atoms with Crippen molar-refractivity contribution >= 4 is 34.1 Å². The first-order chi connectivity index (χ1) is 17.7. The number of carboxylic acid groups (broad SMARTS) is 1. The maximum absolute atomic E-state index is 14.5. The lowest BCUT2D eigenvalue weighted by atomic mass is 9.72. The van der Waals surface area contributed by atoms with Crippen molar-refractivity contribution in [3.63, 3.8) is 0 Å². The highest BCUT2D eigenvalue weighted by Gasteiger charge is 2.29. The summed E-state index contributed by atoms with van der Waals surface area (Å²) in [7, 11) is 0. The van der Waals surface area contributed by atoms with E-state index in [0.717, 1.165) is 41.3 Å². The van der Waals surface area contributed by atoms with Crippen molar-refractivity contribution in [2.45, 2.75) is 45.4 Å². The first-order valence-electron chi connectivity index (χ1n) is 12.6. The molecule has 6 heteroatoms. The van der Waals surface area contributed by atoms with E-state index in [0.29, 0.717) is 22.4 Å². The van der Waals surface area contributed by atoms with Gasteiger partial charge in [0.05, 0.1) is 16.6 Å². The number of carboxylic acids is 1. The second-order valence-corrected chi connectivity index (χ2v) is 10.7. The highest BCUT2D eigenvalue weighted by Crippen LogP contribution is 2.45. The Morgan fingerprint density at radius 1 is 1.08 bits per heavy atom. The molecule has 188 valence electrons. The fourth-order valence-corrected chi connectivity index (χ4v) is 4.83. The van der Waals surface area contributed by atoms with Crippen molar-refractivity contribution in [3.05, 3.63) is 101 Å².